The maximum atomic E-state index is 12.5. The fourth-order valence-electron chi connectivity index (χ4n) is 7.19. The van der Waals surface area contributed by atoms with Gasteiger partial charge in [-0.2, -0.15) is 0 Å². The van der Waals surface area contributed by atoms with Gasteiger partial charge >= 0.3 is 0 Å². The molecule has 0 aliphatic carbocycles. The standard InChI is InChI=1S/C46H91NO4/c1-4-5-6-7-8-9-10-11-12-13-14-15-16-17-18-19-20-21-22-23-24-27-31-34-37-40-45(50)46(51)47-43(41-48)44(49)39-36-33-30-28-25-26-29-32-35-38-42(2)3/h36,39,42-45,48-50H,4-35,37-38,40-41H2,1-3H3,(H,47,51)/b39-36+/t43-,44+,45+/m0/s1. The fourth-order valence-corrected chi connectivity index (χ4v) is 7.19. The summed E-state index contributed by atoms with van der Waals surface area (Å²) in [6, 6.07) is -0.793. The van der Waals surface area contributed by atoms with Crippen LogP contribution in [-0.4, -0.2) is 46.1 Å². The molecule has 51 heavy (non-hydrogen) atoms. The van der Waals surface area contributed by atoms with Crippen molar-refractivity contribution >= 4 is 5.91 Å². The van der Waals surface area contributed by atoms with Gasteiger partial charge in [-0.15, -0.1) is 0 Å². The second-order valence-corrected chi connectivity index (χ2v) is 16.5. The molecule has 5 nitrogen and oxygen atoms in total. The summed E-state index contributed by atoms with van der Waals surface area (Å²) in [5, 5.41) is 33.1. The lowest BCUT2D eigenvalue weighted by Crippen LogP contribution is -2.48. The zero-order valence-electron chi connectivity index (χ0n) is 34.7. The molecule has 0 heterocycles. The first-order valence-electron chi connectivity index (χ1n) is 22.9. The van der Waals surface area contributed by atoms with Crippen LogP contribution in [0.5, 0.6) is 0 Å². The minimum atomic E-state index is -1.09. The topological polar surface area (TPSA) is 89.8 Å². The molecule has 0 bridgehead atoms. The summed E-state index contributed by atoms with van der Waals surface area (Å²) >= 11 is 0. The van der Waals surface area contributed by atoms with E-state index in [0.29, 0.717) is 6.42 Å². The van der Waals surface area contributed by atoms with E-state index >= 15 is 0 Å². The average molecular weight is 722 g/mol. The highest BCUT2D eigenvalue weighted by Crippen LogP contribution is 2.17. The van der Waals surface area contributed by atoms with Crippen molar-refractivity contribution in [3.05, 3.63) is 12.2 Å². The second-order valence-electron chi connectivity index (χ2n) is 16.5. The van der Waals surface area contributed by atoms with Crippen LogP contribution >= 0.6 is 0 Å². The Morgan fingerprint density at radius 2 is 0.843 bits per heavy atom. The van der Waals surface area contributed by atoms with Crippen molar-refractivity contribution < 1.29 is 20.1 Å². The Balaban J connectivity index is 3.55. The van der Waals surface area contributed by atoms with Crippen LogP contribution in [0.25, 0.3) is 0 Å². The predicted octanol–water partition coefficient (Wildman–Crippen LogP) is 13.1. The molecule has 0 saturated carbocycles. The largest absolute Gasteiger partial charge is 0.394 e. The molecule has 3 atom stereocenters. The third kappa shape index (κ3) is 37.2. The Morgan fingerprint density at radius 1 is 0.510 bits per heavy atom. The number of unbranched alkanes of at least 4 members (excludes halogenated alkanes) is 31. The average Bonchev–Trinajstić information content (AvgIpc) is 3.12. The molecule has 4 N–H and O–H groups in total. The quantitative estimate of drug-likeness (QED) is 0.0374. The summed E-state index contributed by atoms with van der Waals surface area (Å²) in [6.45, 7) is 6.51. The first kappa shape index (κ1) is 50.1. The summed E-state index contributed by atoms with van der Waals surface area (Å²) in [7, 11) is 0. The van der Waals surface area contributed by atoms with Crippen LogP contribution in [-0.2, 0) is 4.79 Å². The smallest absolute Gasteiger partial charge is 0.249 e. The Bertz CT molecular complexity index is 726. The van der Waals surface area contributed by atoms with E-state index in [2.05, 4.69) is 26.1 Å². The van der Waals surface area contributed by atoms with Gasteiger partial charge in [0, 0.05) is 0 Å². The van der Waals surface area contributed by atoms with E-state index in [-0.39, 0.29) is 6.61 Å². The van der Waals surface area contributed by atoms with E-state index < -0.39 is 24.2 Å². The van der Waals surface area contributed by atoms with Crippen molar-refractivity contribution in [1.29, 1.82) is 0 Å². The van der Waals surface area contributed by atoms with E-state index in [0.717, 1.165) is 38.0 Å². The predicted molar refractivity (Wildman–Crippen MR) is 222 cm³/mol. The highest BCUT2D eigenvalue weighted by atomic mass is 16.3. The highest BCUT2D eigenvalue weighted by Gasteiger charge is 2.22. The molecule has 1 amide bonds. The Labute approximate surface area is 319 Å². The molecule has 0 radical (unpaired) electrons. The highest BCUT2D eigenvalue weighted by molar-refractivity contribution is 5.80. The molecule has 0 aromatic heterocycles. The zero-order valence-corrected chi connectivity index (χ0v) is 34.7. The second kappa shape index (κ2) is 40.3. The van der Waals surface area contributed by atoms with Gasteiger partial charge in [0.05, 0.1) is 18.8 Å². The Morgan fingerprint density at radius 3 is 1.20 bits per heavy atom. The molecule has 0 fully saturated rings. The summed E-state index contributed by atoms with van der Waals surface area (Å²) < 4.78 is 0. The number of allylic oxidation sites excluding steroid dienone is 1. The van der Waals surface area contributed by atoms with Crippen molar-refractivity contribution in [2.45, 2.75) is 264 Å². The van der Waals surface area contributed by atoms with Crippen molar-refractivity contribution in [3.63, 3.8) is 0 Å². The van der Waals surface area contributed by atoms with Gasteiger partial charge in [-0.3, -0.25) is 4.79 Å². The van der Waals surface area contributed by atoms with Crippen molar-refractivity contribution in [2.75, 3.05) is 6.61 Å². The number of carbonyl (C=O) groups is 1. The molecule has 0 aliphatic rings. The molecule has 0 saturated heterocycles. The van der Waals surface area contributed by atoms with Crippen LogP contribution in [0.4, 0.5) is 0 Å². The molecule has 0 aliphatic heterocycles. The molecule has 0 rings (SSSR count). The number of amides is 1. The van der Waals surface area contributed by atoms with E-state index in [1.807, 2.05) is 6.08 Å². The van der Waals surface area contributed by atoms with E-state index in [1.165, 1.54) is 186 Å². The summed E-state index contributed by atoms with van der Waals surface area (Å²) in [4.78, 5) is 12.5. The first-order valence-corrected chi connectivity index (χ1v) is 22.9. The van der Waals surface area contributed by atoms with Crippen LogP contribution in [0.3, 0.4) is 0 Å². The lowest BCUT2D eigenvalue weighted by atomic mass is 10.0. The lowest BCUT2D eigenvalue weighted by Gasteiger charge is -2.21. The van der Waals surface area contributed by atoms with Gasteiger partial charge in [-0.1, -0.05) is 238 Å². The number of carbonyl (C=O) groups excluding carboxylic acids is 1. The van der Waals surface area contributed by atoms with E-state index in [9.17, 15) is 20.1 Å². The molecule has 304 valence electrons. The van der Waals surface area contributed by atoms with Crippen LogP contribution in [0.2, 0.25) is 0 Å². The fraction of sp³-hybridized carbons (Fsp3) is 0.935. The molecule has 0 aromatic carbocycles. The third-order valence-corrected chi connectivity index (χ3v) is 10.8. The van der Waals surface area contributed by atoms with Gasteiger partial charge in [0.2, 0.25) is 5.91 Å². The van der Waals surface area contributed by atoms with Gasteiger partial charge < -0.3 is 20.6 Å². The summed E-state index contributed by atoms with van der Waals surface area (Å²) in [5.41, 5.74) is 0. The van der Waals surface area contributed by atoms with Crippen LogP contribution in [0.15, 0.2) is 12.2 Å². The van der Waals surface area contributed by atoms with E-state index in [1.54, 1.807) is 6.08 Å². The molecular formula is C46H91NO4. The van der Waals surface area contributed by atoms with Crippen LogP contribution in [0.1, 0.15) is 245 Å². The Hall–Kier alpha value is -0.910. The van der Waals surface area contributed by atoms with Gasteiger partial charge in [-0.25, -0.2) is 0 Å². The van der Waals surface area contributed by atoms with Gasteiger partial charge in [0.25, 0.3) is 0 Å². The van der Waals surface area contributed by atoms with Gasteiger partial charge in [0.15, 0.2) is 0 Å². The zero-order chi connectivity index (χ0) is 37.5. The van der Waals surface area contributed by atoms with Gasteiger partial charge in [0.1, 0.15) is 6.10 Å². The van der Waals surface area contributed by atoms with Crippen molar-refractivity contribution in [3.8, 4) is 0 Å². The maximum Gasteiger partial charge on any atom is 0.249 e. The number of hydrogen-bond acceptors (Lipinski definition) is 4. The minimum Gasteiger partial charge on any atom is -0.394 e. The van der Waals surface area contributed by atoms with Crippen molar-refractivity contribution in [1.82, 2.24) is 5.32 Å². The summed E-state index contributed by atoms with van der Waals surface area (Å²) in [5.74, 6) is 0.308. The summed E-state index contributed by atoms with van der Waals surface area (Å²) in [6.07, 6.45) is 46.9. The lowest BCUT2D eigenvalue weighted by molar-refractivity contribution is -0.131. The normalized spacial score (nSPS) is 13.7. The third-order valence-electron chi connectivity index (χ3n) is 10.8. The molecule has 0 spiro atoms. The minimum absolute atomic E-state index is 0.361. The van der Waals surface area contributed by atoms with Crippen molar-refractivity contribution in [2.24, 2.45) is 5.92 Å². The Kier molecular flexibility index (Phi) is 39.6. The number of aliphatic hydroxyl groups is 3. The van der Waals surface area contributed by atoms with Crippen LogP contribution in [0, 0.1) is 5.92 Å². The first-order chi connectivity index (χ1) is 24.9. The number of aliphatic hydroxyl groups excluding tert-OH is 3. The number of rotatable bonds is 41. The molecule has 0 unspecified atom stereocenters. The molecule has 5 heteroatoms. The van der Waals surface area contributed by atoms with Gasteiger partial charge in [-0.05, 0) is 25.2 Å². The monoisotopic (exact) mass is 722 g/mol. The van der Waals surface area contributed by atoms with Crippen LogP contribution < -0.4 is 5.32 Å². The maximum absolute atomic E-state index is 12.5. The van der Waals surface area contributed by atoms with E-state index in [4.69, 9.17) is 0 Å². The molecular weight excluding hydrogens is 631 g/mol. The number of nitrogens with one attached hydrogen (secondary N) is 1. The SMILES string of the molecule is CCCCCCCCCCCCCCCCCCCCCCCCCCC[C@@H](O)C(=O)N[C@@H](CO)[C@H](O)/C=C/CCCCCCCCCC(C)C. The molecule has 0 aromatic rings. The number of hydrogen-bond donors (Lipinski definition) is 4.